The lowest BCUT2D eigenvalue weighted by molar-refractivity contribution is -0.123. The fourth-order valence-electron chi connectivity index (χ4n) is 4.31. The number of carbonyl (C=O) groups excluding carboxylic acids is 1. The van der Waals surface area contributed by atoms with Crippen molar-refractivity contribution in [1.82, 2.24) is 14.9 Å². The molecule has 0 spiro atoms. The quantitative estimate of drug-likeness (QED) is 0.168. The topological polar surface area (TPSA) is 65.4 Å². The summed E-state index contributed by atoms with van der Waals surface area (Å²) in [5.41, 5.74) is 3.29. The summed E-state index contributed by atoms with van der Waals surface area (Å²) < 4.78 is 13.9. The van der Waals surface area contributed by atoms with Crippen LogP contribution in [0.25, 0.3) is 11.0 Å². The van der Waals surface area contributed by atoms with Crippen molar-refractivity contribution in [2.75, 3.05) is 19.8 Å². The summed E-state index contributed by atoms with van der Waals surface area (Å²) in [6.45, 7) is 5.82. The van der Waals surface area contributed by atoms with E-state index in [2.05, 4.69) is 40.7 Å². The fraction of sp³-hybridized carbons (Fsp3) is 0.290. The molecule has 0 unspecified atom stereocenters. The number of imidazole rings is 1. The van der Waals surface area contributed by atoms with Gasteiger partial charge in [-0.05, 0) is 55.2 Å². The molecule has 4 rings (SSSR count). The molecule has 0 radical (unpaired) electrons. The minimum absolute atomic E-state index is 0.0359. The summed E-state index contributed by atoms with van der Waals surface area (Å²) in [6, 6.07) is 25.7. The maximum Gasteiger partial charge on any atom is 0.257 e. The molecule has 0 aliphatic carbocycles. The summed E-state index contributed by atoms with van der Waals surface area (Å²) in [6.07, 6.45) is 6.49. The van der Waals surface area contributed by atoms with Crippen LogP contribution in [-0.4, -0.2) is 35.2 Å². The summed E-state index contributed by atoms with van der Waals surface area (Å²) in [5, 5.41) is 2.93. The number of allylic oxidation sites excluding steroid dienone is 1. The van der Waals surface area contributed by atoms with E-state index >= 15 is 0 Å². The lowest BCUT2D eigenvalue weighted by atomic mass is 10.1. The summed E-state index contributed by atoms with van der Waals surface area (Å²) in [4.78, 5) is 16.9. The Kier molecular flexibility index (Phi) is 9.76. The average Bonchev–Trinajstić information content (AvgIpc) is 3.28. The van der Waals surface area contributed by atoms with Crippen molar-refractivity contribution in [3.63, 3.8) is 0 Å². The van der Waals surface area contributed by atoms with Gasteiger partial charge >= 0.3 is 0 Å². The standard InChI is InChI=1S/C31H35N3O3/c1-2-13-25-14-8-11-19-29(25)36-23-22-34-28-18-10-9-17-27(28)33-30(34)20-7-4-12-21-32-31(35)24-37-26-15-5-3-6-16-26/h2-3,5-6,8-11,14-19H,1,4,7,12-13,20-24H2,(H,32,35). The predicted octanol–water partition coefficient (Wildman–Crippen LogP) is 5.75. The molecule has 3 aromatic carbocycles. The second-order valence-corrected chi connectivity index (χ2v) is 8.88. The van der Waals surface area contributed by atoms with Gasteiger partial charge in [0.25, 0.3) is 5.91 Å². The van der Waals surface area contributed by atoms with Gasteiger partial charge in [-0.2, -0.15) is 0 Å². The number of aromatic nitrogens is 2. The molecule has 37 heavy (non-hydrogen) atoms. The van der Waals surface area contributed by atoms with Gasteiger partial charge in [-0.1, -0.05) is 61.0 Å². The van der Waals surface area contributed by atoms with Gasteiger partial charge in [0, 0.05) is 13.0 Å². The molecular weight excluding hydrogens is 462 g/mol. The molecule has 1 aromatic heterocycles. The highest BCUT2D eigenvalue weighted by Gasteiger charge is 2.11. The number of hydrogen-bond acceptors (Lipinski definition) is 4. The molecule has 4 aromatic rings. The first-order valence-electron chi connectivity index (χ1n) is 12.9. The molecule has 0 atom stereocenters. The molecule has 0 saturated carbocycles. The molecule has 0 aliphatic rings. The predicted molar refractivity (Wildman–Crippen MR) is 148 cm³/mol. The largest absolute Gasteiger partial charge is 0.491 e. The average molecular weight is 498 g/mol. The van der Waals surface area contributed by atoms with Crippen molar-refractivity contribution in [3.05, 3.63) is 103 Å². The molecule has 0 aliphatic heterocycles. The van der Waals surface area contributed by atoms with Crippen LogP contribution in [-0.2, 0) is 24.2 Å². The third kappa shape index (κ3) is 7.71. The Bertz CT molecular complexity index is 1280. The van der Waals surface area contributed by atoms with Crippen LogP contribution in [0.15, 0.2) is 91.5 Å². The molecule has 1 amide bonds. The van der Waals surface area contributed by atoms with Crippen molar-refractivity contribution < 1.29 is 14.3 Å². The first-order chi connectivity index (χ1) is 18.2. The molecule has 0 fully saturated rings. The Morgan fingerprint density at radius 3 is 2.57 bits per heavy atom. The van der Waals surface area contributed by atoms with E-state index in [-0.39, 0.29) is 12.5 Å². The van der Waals surface area contributed by atoms with E-state index in [4.69, 9.17) is 14.5 Å². The van der Waals surface area contributed by atoms with E-state index in [1.165, 1.54) is 0 Å². The molecule has 6 nitrogen and oxygen atoms in total. The number of aryl methyl sites for hydroxylation is 1. The van der Waals surface area contributed by atoms with Crippen LogP contribution in [0.4, 0.5) is 0 Å². The van der Waals surface area contributed by atoms with Crippen molar-refractivity contribution in [2.24, 2.45) is 0 Å². The van der Waals surface area contributed by atoms with Crippen LogP contribution in [0.5, 0.6) is 11.5 Å². The van der Waals surface area contributed by atoms with E-state index in [1.54, 1.807) is 0 Å². The molecule has 0 saturated heterocycles. The van der Waals surface area contributed by atoms with Gasteiger partial charge in [-0.3, -0.25) is 4.79 Å². The number of carbonyl (C=O) groups is 1. The molecule has 6 heteroatoms. The highest BCUT2D eigenvalue weighted by Crippen LogP contribution is 2.21. The number of rotatable bonds is 15. The zero-order valence-electron chi connectivity index (χ0n) is 21.3. The van der Waals surface area contributed by atoms with Crippen molar-refractivity contribution in [2.45, 2.75) is 38.6 Å². The third-order valence-corrected chi connectivity index (χ3v) is 6.16. The SMILES string of the molecule is C=CCc1ccccc1OCCn1c(CCCCCNC(=O)COc2ccccc2)nc2ccccc21. The van der Waals surface area contributed by atoms with Crippen molar-refractivity contribution in [1.29, 1.82) is 0 Å². The number of nitrogens with zero attached hydrogens (tertiary/aromatic N) is 2. The number of benzene rings is 3. The minimum atomic E-state index is -0.0969. The Morgan fingerprint density at radius 2 is 1.70 bits per heavy atom. The van der Waals surface area contributed by atoms with Crippen LogP contribution in [0.3, 0.4) is 0 Å². The summed E-state index contributed by atoms with van der Waals surface area (Å²) in [7, 11) is 0. The zero-order chi connectivity index (χ0) is 25.7. The molecule has 1 heterocycles. The number of hydrogen-bond donors (Lipinski definition) is 1. The van der Waals surface area contributed by atoms with Gasteiger partial charge in [0.05, 0.1) is 17.6 Å². The van der Waals surface area contributed by atoms with Crippen LogP contribution in [0.1, 0.15) is 30.7 Å². The maximum atomic E-state index is 12.0. The molecule has 1 N–H and O–H groups in total. The van der Waals surface area contributed by atoms with Gasteiger partial charge in [0.15, 0.2) is 6.61 Å². The number of amides is 1. The van der Waals surface area contributed by atoms with Gasteiger partial charge in [-0.25, -0.2) is 4.98 Å². The van der Waals surface area contributed by atoms with E-state index in [0.717, 1.165) is 66.8 Å². The van der Waals surface area contributed by atoms with E-state index < -0.39 is 0 Å². The van der Waals surface area contributed by atoms with Gasteiger partial charge in [0.2, 0.25) is 0 Å². The first-order valence-corrected chi connectivity index (χ1v) is 12.9. The number of ether oxygens (including phenoxy) is 2. The lowest BCUT2D eigenvalue weighted by Crippen LogP contribution is -2.29. The van der Waals surface area contributed by atoms with Gasteiger partial charge in [0.1, 0.15) is 23.9 Å². The smallest absolute Gasteiger partial charge is 0.257 e. The number of fused-ring (bicyclic) bond motifs is 1. The Morgan fingerprint density at radius 1 is 0.919 bits per heavy atom. The minimum Gasteiger partial charge on any atom is -0.491 e. The normalized spacial score (nSPS) is 10.8. The fourth-order valence-corrected chi connectivity index (χ4v) is 4.31. The third-order valence-electron chi connectivity index (χ3n) is 6.16. The van der Waals surface area contributed by atoms with Crippen LogP contribution < -0.4 is 14.8 Å². The van der Waals surface area contributed by atoms with E-state index in [9.17, 15) is 4.79 Å². The number of nitrogens with one attached hydrogen (secondary N) is 1. The molecule has 192 valence electrons. The maximum absolute atomic E-state index is 12.0. The van der Waals surface area contributed by atoms with Crippen LogP contribution in [0, 0.1) is 0 Å². The summed E-state index contributed by atoms with van der Waals surface area (Å²) in [5.74, 6) is 2.58. The highest BCUT2D eigenvalue weighted by molar-refractivity contribution is 5.77. The second-order valence-electron chi connectivity index (χ2n) is 8.88. The molecular formula is C31H35N3O3. The Labute approximate surface area is 218 Å². The van der Waals surface area contributed by atoms with Gasteiger partial charge in [-0.15, -0.1) is 6.58 Å². The van der Waals surface area contributed by atoms with Crippen molar-refractivity contribution >= 4 is 16.9 Å². The number of para-hydroxylation sites is 4. The Hall–Kier alpha value is -4.06. The van der Waals surface area contributed by atoms with E-state index in [1.807, 2.05) is 60.7 Å². The van der Waals surface area contributed by atoms with E-state index in [0.29, 0.717) is 18.9 Å². The highest BCUT2D eigenvalue weighted by atomic mass is 16.5. The lowest BCUT2D eigenvalue weighted by Gasteiger charge is -2.13. The van der Waals surface area contributed by atoms with Crippen LogP contribution >= 0.6 is 0 Å². The first kappa shape index (κ1) is 26.0. The zero-order valence-corrected chi connectivity index (χ0v) is 21.3. The van der Waals surface area contributed by atoms with Crippen molar-refractivity contribution in [3.8, 4) is 11.5 Å². The molecule has 0 bridgehead atoms. The second kappa shape index (κ2) is 13.9. The Balaban J connectivity index is 1.23. The van der Waals surface area contributed by atoms with Gasteiger partial charge < -0.3 is 19.4 Å². The number of unbranched alkanes of at least 4 members (excludes halogenated alkanes) is 2. The van der Waals surface area contributed by atoms with Crippen LogP contribution in [0.2, 0.25) is 0 Å². The monoisotopic (exact) mass is 497 g/mol. The summed E-state index contributed by atoms with van der Waals surface area (Å²) >= 11 is 0.